The van der Waals surface area contributed by atoms with Crippen LogP contribution in [0.4, 0.5) is 0 Å². The molecule has 8 aliphatic rings. The van der Waals surface area contributed by atoms with E-state index in [-0.39, 0.29) is 35.4 Å². The fourth-order valence-corrected chi connectivity index (χ4v) is 13.0. The van der Waals surface area contributed by atoms with Gasteiger partial charge in [0.05, 0.1) is 17.1 Å². The van der Waals surface area contributed by atoms with Crippen molar-refractivity contribution in [3.05, 3.63) is 57.8 Å². The van der Waals surface area contributed by atoms with Gasteiger partial charge in [-0.2, -0.15) is 0 Å². The van der Waals surface area contributed by atoms with Gasteiger partial charge in [-0.1, -0.05) is 37.3 Å². The second kappa shape index (κ2) is 8.57. The number of benzene rings is 1. The van der Waals surface area contributed by atoms with Crippen molar-refractivity contribution in [2.45, 2.75) is 132 Å². The quantitative estimate of drug-likeness (QED) is 0.258. The standard InChI is InChI=1S/C38H46ClNO7/c1-16(2)29-28(41)31-38(45-31)22-9-12-36(43-8)35(7,34(22,6)11-10-24(38)44-29)30-26-25-21(40-30)15-20(39)18-13-17(3)19-14-23(37(19,42)27(18)25)33(4,5)46-32(26)47-36/h15,19,22-24,28-29,31-32,40-42H,1,3,9-14H2,2,4-8H3. The van der Waals surface area contributed by atoms with E-state index in [9.17, 15) is 10.2 Å². The van der Waals surface area contributed by atoms with Gasteiger partial charge in [0, 0.05) is 52.5 Å². The number of fused-ring (bicyclic) bond motifs is 4. The summed E-state index contributed by atoms with van der Waals surface area (Å²) in [4.78, 5) is 3.90. The van der Waals surface area contributed by atoms with E-state index in [0.717, 1.165) is 70.1 Å². The minimum Gasteiger partial charge on any atom is -0.387 e. The van der Waals surface area contributed by atoms with E-state index in [0.29, 0.717) is 17.9 Å². The highest BCUT2D eigenvalue weighted by molar-refractivity contribution is 6.32. The van der Waals surface area contributed by atoms with Crippen LogP contribution < -0.4 is 0 Å². The number of hydrogen-bond donors (Lipinski definition) is 3. The summed E-state index contributed by atoms with van der Waals surface area (Å²) in [6.45, 7) is 19.2. The number of halogens is 1. The maximum absolute atomic E-state index is 12.9. The van der Waals surface area contributed by atoms with Crippen LogP contribution >= 0.6 is 11.6 Å². The molecule has 3 saturated carbocycles. The topological polar surface area (TPSA) is 106 Å². The Balaban J connectivity index is 1.22. The smallest absolute Gasteiger partial charge is 0.190 e. The zero-order valence-corrected chi connectivity index (χ0v) is 28.9. The van der Waals surface area contributed by atoms with Crippen LogP contribution in [0.2, 0.25) is 5.02 Å². The maximum atomic E-state index is 12.9. The minimum atomic E-state index is -1.14. The van der Waals surface area contributed by atoms with Crippen molar-refractivity contribution in [3.63, 3.8) is 0 Å². The summed E-state index contributed by atoms with van der Waals surface area (Å²) in [6.07, 6.45) is 2.16. The SMILES string of the molecule is C=C(C)C1OC2CCC3(C)C(CCC4(OC)OC5OC(C)(C)C6CC7C(=C)Cc8c(Cl)cc9[nH]c(c5c9c8C76O)C43C)C23OC3C1O. The van der Waals surface area contributed by atoms with E-state index >= 15 is 0 Å². The third-order valence-electron chi connectivity index (χ3n) is 15.2. The van der Waals surface area contributed by atoms with Gasteiger partial charge in [-0.05, 0) is 93.9 Å². The molecular weight excluding hydrogens is 618 g/mol. The molecule has 2 aromatic rings. The number of H-pyrrole nitrogens is 1. The second-order valence-corrected chi connectivity index (χ2v) is 17.5. The third-order valence-corrected chi connectivity index (χ3v) is 15.5. The maximum Gasteiger partial charge on any atom is 0.190 e. The van der Waals surface area contributed by atoms with Crippen LogP contribution in [0.1, 0.15) is 95.4 Å². The number of aromatic nitrogens is 1. The van der Waals surface area contributed by atoms with E-state index in [2.05, 4.69) is 45.8 Å². The molecule has 9 heteroatoms. The van der Waals surface area contributed by atoms with Crippen molar-refractivity contribution >= 4 is 22.5 Å². The largest absolute Gasteiger partial charge is 0.387 e. The van der Waals surface area contributed by atoms with Gasteiger partial charge in [0.15, 0.2) is 12.1 Å². The Hall–Kier alpha value is -1.75. The van der Waals surface area contributed by atoms with Crippen molar-refractivity contribution in [2.24, 2.45) is 23.2 Å². The molecule has 5 heterocycles. The Bertz CT molecular complexity index is 1840. The van der Waals surface area contributed by atoms with E-state index in [1.54, 1.807) is 7.11 Å². The number of hydrogen-bond acceptors (Lipinski definition) is 7. The highest BCUT2D eigenvalue weighted by atomic mass is 35.5. The van der Waals surface area contributed by atoms with Crippen molar-refractivity contribution in [2.75, 3.05) is 7.11 Å². The predicted octanol–water partition coefficient (Wildman–Crippen LogP) is 6.25. The molecule has 8 nitrogen and oxygen atoms in total. The molecule has 1 aromatic heterocycles. The van der Waals surface area contributed by atoms with Gasteiger partial charge in [-0.15, -0.1) is 0 Å². The highest BCUT2D eigenvalue weighted by Gasteiger charge is 2.82. The highest BCUT2D eigenvalue weighted by Crippen LogP contribution is 2.76. The van der Waals surface area contributed by atoms with Crippen LogP contribution in [-0.4, -0.2) is 63.7 Å². The Morgan fingerprint density at radius 1 is 1.11 bits per heavy atom. The Labute approximate surface area is 280 Å². The van der Waals surface area contributed by atoms with Gasteiger partial charge in [0.2, 0.25) is 0 Å². The molecule has 2 saturated heterocycles. The van der Waals surface area contributed by atoms with Gasteiger partial charge in [0.1, 0.15) is 29.5 Å². The molecule has 1 spiro atoms. The number of epoxide rings is 1. The second-order valence-electron chi connectivity index (χ2n) is 17.1. The molecule has 252 valence electrons. The van der Waals surface area contributed by atoms with Gasteiger partial charge < -0.3 is 38.9 Å². The number of aliphatic hydroxyl groups excluding tert-OH is 1. The first-order chi connectivity index (χ1) is 22.1. The summed E-state index contributed by atoms with van der Waals surface area (Å²) in [7, 11) is 1.76. The zero-order valence-electron chi connectivity index (χ0n) is 28.2. The molecular formula is C38H46ClNO7. The first kappa shape index (κ1) is 30.1. The summed E-state index contributed by atoms with van der Waals surface area (Å²) in [6, 6.07) is 2.02. The summed E-state index contributed by atoms with van der Waals surface area (Å²) in [5.74, 6) is -1.15. The fraction of sp³-hybridized carbons (Fsp3) is 0.684. The minimum absolute atomic E-state index is 0.0551. The van der Waals surface area contributed by atoms with Crippen LogP contribution in [-0.2, 0) is 41.1 Å². The first-order valence-corrected chi connectivity index (χ1v) is 17.8. The molecule has 5 fully saturated rings. The van der Waals surface area contributed by atoms with Crippen LogP contribution in [0, 0.1) is 23.2 Å². The van der Waals surface area contributed by atoms with Gasteiger partial charge in [0.25, 0.3) is 0 Å². The van der Waals surface area contributed by atoms with Crippen molar-refractivity contribution < 1.29 is 33.9 Å². The molecule has 0 bridgehead atoms. The summed E-state index contributed by atoms with van der Waals surface area (Å²) in [5.41, 5.74) is 3.06. The van der Waals surface area contributed by atoms with Crippen molar-refractivity contribution in [1.82, 2.24) is 4.98 Å². The lowest BCUT2D eigenvalue weighted by molar-refractivity contribution is -0.399. The van der Waals surface area contributed by atoms with Gasteiger partial charge in [-0.25, -0.2) is 0 Å². The molecule has 4 aliphatic carbocycles. The molecule has 0 amide bonds. The Morgan fingerprint density at radius 2 is 1.87 bits per heavy atom. The lowest BCUT2D eigenvalue weighted by Gasteiger charge is -2.68. The number of aromatic amines is 1. The Kier molecular flexibility index (Phi) is 5.49. The summed E-state index contributed by atoms with van der Waals surface area (Å²) < 4.78 is 34.3. The van der Waals surface area contributed by atoms with E-state index in [1.165, 1.54) is 0 Å². The number of ether oxygens (including phenoxy) is 5. The molecule has 0 radical (unpaired) electrons. The molecule has 3 N–H and O–H groups in total. The number of methoxy groups -OCH3 is 1. The monoisotopic (exact) mass is 663 g/mol. The normalized spacial score (nSPS) is 51.0. The number of nitrogens with one attached hydrogen (secondary N) is 1. The van der Waals surface area contributed by atoms with Crippen LogP contribution in [0.5, 0.6) is 0 Å². The Morgan fingerprint density at radius 3 is 2.60 bits per heavy atom. The van der Waals surface area contributed by atoms with E-state index < -0.39 is 46.5 Å². The predicted molar refractivity (Wildman–Crippen MR) is 175 cm³/mol. The average Bonchev–Trinajstić information content (AvgIpc) is 3.62. The van der Waals surface area contributed by atoms with Crippen LogP contribution in [0.25, 0.3) is 10.9 Å². The molecule has 47 heavy (non-hydrogen) atoms. The number of aliphatic hydroxyl groups is 2. The fourth-order valence-electron chi connectivity index (χ4n) is 12.8. The molecule has 4 aliphatic heterocycles. The summed E-state index contributed by atoms with van der Waals surface area (Å²) in [5, 5.41) is 25.9. The van der Waals surface area contributed by atoms with E-state index in [4.69, 9.17) is 35.3 Å². The van der Waals surface area contributed by atoms with Gasteiger partial charge >= 0.3 is 0 Å². The van der Waals surface area contributed by atoms with E-state index in [1.807, 2.05) is 13.0 Å². The first-order valence-electron chi connectivity index (χ1n) is 17.5. The third kappa shape index (κ3) is 3.00. The zero-order chi connectivity index (χ0) is 33.0. The summed E-state index contributed by atoms with van der Waals surface area (Å²) >= 11 is 7.12. The number of rotatable bonds is 2. The van der Waals surface area contributed by atoms with Crippen LogP contribution in [0.3, 0.4) is 0 Å². The average molecular weight is 664 g/mol. The molecule has 10 rings (SSSR count). The van der Waals surface area contributed by atoms with Crippen LogP contribution in [0.15, 0.2) is 30.4 Å². The van der Waals surface area contributed by atoms with Crippen molar-refractivity contribution in [3.8, 4) is 0 Å². The van der Waals surface area contributed by atoms with Gasteiger partial charge in [-0.3, -0.25) is 0 Å². The molecule has 13 atom stereocenters. The van der Waals surface area contributed by atoms with Crippen molar-refractivity contribution in [1.29, 1.82) is 0 Å². The molecule has 1 aromatic carbocycles. The molecule has 13 unspecified atom stereocenters. The lowest BCUT2D eigenvalue weighted by atomic mass is 9.41. The lowest BCUT2D eigenvalue weighted by Crippen LogP contribution is -2.74.